The minimum Gasteiger partial charge on any atom is -0.348 e. The Morgan fingerprint density at radius 2 is 2.60 bits per heavy atom. The lowest BCUT2D eigenvalue weighted by atomic mass is 10.3. The molecule has 4 nitrogen and oxygen atoms in total. The normalized spacial score (nSPS) is 10.1. The molecule has 0 amide bonds. The molecule has 1 aromatic rings. The Morgan fingerprint density at radius 1 is 1.70 bits per heavy atom. The van der Waals surface area contributed by atoms with Gasteiger partial charge in [0, 0.05) is 11.9 Å². The molecule has 10 heavy (non-hydrogen) atoms. The Morgan fingerprint density at radius 3 is 3.20 bits per heavy atom. The first-order valence-electron chi connectivity index (χ1n) is 3.22. The summed E-state index contributed by atoms with van der Waals surface area (Å²) < 4.78 is 0. The van der Waals surface area contributed by atoms with Crippen molar-refractivity contribution in [2.24, 2.45) is 5.90 Å². The van der Waals surface area contributed by atoms with Crippen molar-refractivity contribution >= 4 is 0 Å². The molecule has 3 N–H and O–H groups in total. The molecule has 0 aliphatic heterocycles. The Balaban J connectivity index is 2.15. The maximum absolute atomic E-state index is 4.84. The SMILES string of the molecule is NOCCCc1cnc[nH]1. The third-order valence-electron chi connectivity index (χ3n) is 1.26. The van der Waals surface area contributed by atoms with Gasteiger partial charge in [-0.15, -0.1) is 0 Å². The van der Waals surface area contributed by atoms with E-state index >= 15 is 0 Å². The third-order valence-corrected chi connectivity index (χ3v) is 1.26. The lowest BCUT2D eigenvalue weighted by Crippen LogP contribution is -2.01. The number of aryl methyl sites for hydroxylation is 1. The van der Waals surface area contributed by atoms with Crippen molar-refractivity contribution in [3.05, 3.63) is 18.2 Å². The fourth-order valence-electron chi connectivity index (χ4n) is 0.767. The van der Waals surface area contributed by atoms with Crippen LogP contribution < -0.4 is 5.90 Å². The number of imidazole rings is 1. The van der Waals surface area contributed by atoms with E-state index in [1.165, 1.54) is 0 Å². The quantitative estimate of drug-likeness (QED) is 0.466. The highest BCUT2D eigenvalue weighted by Crippen LogP contribution is 1.95. The van der Waals surface area contributed by atoms with E-state index in [-0.39, 0.29) is 0 Å². The lowest BCUT2D eigenvalue weighted by Gasteiger charge is -1.94. The van der Waals surface area contributed by atoms with Crippen molar-refractivity contribution < 1.29 is 4.84 Å². The van der Waals surface area contributed by atoms with Gasteiger partial charge in [0.05, 0.1) is 12.9 Å². The molecule has 0 spiro atoms. The van der Waals surface area contributed by atoms with E-state index in [1.807, 2.05) is 0 Å². The monoisotopic (exact) mass is 141 g/mol. The number of rotatable bonds is 4. The standard InChI is InChI=1S/C6H11N3O/c7-10-3-1-2-6-4-8-5-9-6/h4-5H,1-3,7H2,(H,8,9). The van der Waals surface area contributed by atoms with Crippen LogP contribution in [0.15, 0.2) is 12.5 Å². The van der Waals surface area contributed by atoms with Crippen molar-refractivity contribution in [1.82, 2.24) is 9.97 Å². The van der Waals surface area contributed by atoms with Gasteiger partial charge in [-0.25, -0.2) is 10.9 Å². The predicted octanol–water partition coefficient (Wildman–Crippen LogP) is 0.233. The molecule has 1 aromatic heterocycles. The molecule has 0 aliphatic rings. The molecule has 0 aliphatic carbocycles. The summed E-state index contributed by atoms with van der Waals surface area (Å²) in [5.74, 6) is 4.84. The number of hydrogen-bond donors (Lipinski definition) is 2. The molecule has 0 radical (unpaired) electrons. The summed E-state index contributed by atoms with van der Waals surface area (Å²) in [5, 5.41) is 0. The number of hydrogen-bond acceptors (Lipinski definition) is 3. The molecule has 0 saturated carbocycles. The van der Waals surface area contributed by atoms with E-state index in [1.54, 1.807) is 12.5 Å². The third kappa shape index (κ3) is 2.16. The predicted molar refractivity (Wildman–Crippen MR) is 37.0 cm³/mol. The van der Waals surface area contributed by atoms with Crippen LogP contribution in [-0.4, -0.2) is 16.6 Å². The zero-order chi connectivity index (χ0) is 7.23. The highest BCUT2D eigenvalue weighted by atomic mass is 16.6. The van der Waals surface area contributed by atoms with E-state index in [2.05, 4.69) is 14.8 Å². The fourth-order valence-corrected chi connectivity index (χ4v) is 0.767. The van der Waals surface area contributed by atoms with Gasteiger partial charge < -0.3 is 9.82 Å². The molecular weight excluding hydrogens is 130 g/mol. The first-order chi connectivity index (χ1) is 4.93. The van der Waals surface area contributed by atoms with E-state index in [0.717, 1.165) is 18.5 Å². The van der Waals surface area contributed by atoms with Crippen LogP contribution in [0, 0.1) is 0 Å². The summed E-state index contributed by atoms with van der Waals surface area (Å²) in [7, 11) is 0. The van der Waals surface area contributed by atoms with E-state index in [9.17, 15) is 0 Å². The number of nitrogens with zero attached hydrogens (tertiary/aromatic N) is 1. The summed E-state index contributed by atoms with van der Waals surface area (Å²) in [4.78, 5) is 11.3. The van der Waals surface area contributed by atoms with Crippen LogP contribution in [-0.2, 0) is 11.3 Å². The fraction of sp³-hybridized carbons (Fsp3) is 0.500. The average molecular weight is 141 g/mol. The van der Waals surface area contributed by atoms with E-state index in [0.29, 0.717) is 6.61 Å². The van der Waals surface area contributed by atoms with Crippen LogP contribution in [0.4, 0.5) is 0 Å². The van der Waals surface area contributed by atoms with Crippen LogP contribution in [0.1, 0.15) is 12.1 Å². The van der Waals surface area contributed by atoms with Crippen LogP contribution in [0.2, 0.25) is 0 Å². The zero-order valence-corrected chi connectivity index (χ0v) is 5.71. The van der Waals surface area contributed by atoms with Gasteiger partial charge in [-0.3, -0.25) is 0 Å². The number of H-pyrrole nitrogens is 1. The van der Waals surface area contributed by atoms with Gasteiger partial charge in [-0.1, -0.05) is 0 Å². The molecular formula is C6H11N3O. The Hall–Kier alpha value is -0.870. The van der Waals surface area contributed by atoms with Crippen molar-refractivity contribution in [2.75, 3.05) is 6.61 Å². The largest absolute Gasteiger partial charge is 0.348 e. The second-order valence-electron chi connectivity index (χ2n) is 2.05. The number of aromatic amines is 1. The maximum atomic E-state index is 4.84. The molecule has 0 saturated heterocycles. The van der Waals surface area contributed by atoms with Gasteiger partial charge in [0.2, 0.25) is 0 Å². The van der Waals surface area contributed by atoms with Gasteiger partial charge in [-0.05, 0) is 12.8 Å². The van der Waals surface area contributed by atoms with Gasteiger partial charge in [-0.2, -0.15) is 0 Å². The second-order valence-corrected chi connectivity index (χ2v) is 2.05. The highest BCUT2D eigenvalue weighted by Gasteiger charge is 1.91. The minimum atomic E-state index is 0.596. The van der Waals surface area contributed by atoms with Crippen molar-refractivity contribution in [2.45, 2.75) is 12.8 Å². The van der Waals surface area contributed by atoms with Crippen LogP contribution in [0.25, 0.3) is 0 Å². The van der Waals surface area contributed by atoms with Gasteiger partial charge >= 0.3 is 0 Å². The molecule has 4 heteroatoms. The Labute approximate surface area is 59.4 Å². The molecule has 1 heterocycles. The number of nitrogens with two attached hydrogens (primary N) is 1. The van der Waals surface area contributed by atoms with E-state index < -0.39 is 0 Å². The van der Waals surface area contributed by atoms with Gasteiger partial charge in [0.15, 0.2) is 0 Å². The first-order valence-corrected chi connectivity index (χ1v) is 3.22. The van der Waals surface area contributed by atoms with Crippen LogP contribution in [0.5, 0.6) is 0 Å². The molecule has 0 bridgehead atoms. The van der Waals surface area contributed by atoms with Crippen LogP contribution in [0.3, 0.4) is 0 Å². The summed E-state index contributed by atoms with van der Waals surface area (Å²) in [6.45, 7) is 0.596. The lowest BCUT2D eigenvalue weighted by molar-refractivity contribution is 0.135. The molecule has 0 fully saturated rings. The highest BCUT2D eigenvalue weighted by molar-refractivity contribution is 4.93. The average Bonchev–Trinajstić information content (AvgIpc) is 2.41. The topological polar surface area (TPSA) is 63.9 Å². The van der Waals surface area contributed by atoms with Crippen molar-refractivity contribution in [1.29, 1.82) is 0 Å². The first kappa shape index (κ1) is 7.24. The van der Waals surface area contributed by atoms with Gasteiger partial charge in [0.1, 0.15) is 0 Å². The smallest absolute Gasteiger partial charge is 0.0921 e. The zero-order valence-electron chi connectivity index (χ0n) is 5.71. The van der Waals surface area contributed by atoms with E-state index in [4.69, 9.17) is 5.90 Å². The molecule has 0 aromatic carbocycles. The molecule has 0 atom stereocenters. The number of aromatic nitrogens is 2. The van der Waals surface area contributed by atoms with Crippen molar-refractivity contribution in [3.8, 4) is 0 Å². The van der Waals surface area contributed by atoms with Crippen molar-refractivity contribution in [3.63, 3.8) is 0 Å². The summed E-state index contributed by atoms with van der Waals surface area (Å²) >= 11 is 0. The number of nitrogens with one attached hydrogen (secondary N) is 1. The summed E-state index contributed by atoms with van der Waals surface area (Å²) in [6.07, 6.45) is 5.34. The maximum Gasteiger partial charge on any atom is 0.0921 e. The minimum absolute atomic E-state index is 0.596. The molecule has 1 rings (SSSR count). The Bertz CT molecular complexity index is 162. The Kier molecular flexibility index (Phi) is 2.92. The summed E-state index contributed by atoms with van der Waals surface area (Å²) in [5.41, 5.74) is 1.12. The van der Waals surface area contributed by atoms with Crippen LogP contribution >= 0.6 is 0 Å². The second kappa shape index (κ2) is 4.03. The molecule has 56 valence electrons. The van der Waals surface area contributed by atoms with Gasteiger partial charge in [0.25, 0.3) is 0 Å². The summed E-state index contributed by atoms with van der Waals surface area (Å²) in [6, 6.07) is 0. The molecule has 0 unspecified atom stereocenters.